The molecule has 3 N–H and O–H groups in total. The summed E-state index contributed by atoms with van der Waals surface area (Å²) in [5.74, 6) is -0.825. The Morgan fingerprint density at radius 1 is 1.04 bits per heavy atom. The Balaban J connectivity index is 1.13. The predicted octanol–water partition coefficient (Wildman–Crippen LogP) is 7.69. The first-order valence-electron chi connectivity index (χ1n) is 18.8. The number of aliphatic hydroxyl groups excluding tert-OH is 1. The van der Waals surface area contributed by atoms with Gasteiger partial charge < -0.3 is 20.3 Å². The highest BCUT2D eigenvalue weighted by molar-refractivity contribution is 6.36. The summed E-state index contributed by atoms with van der Waals surface area (Å²) in [4.78, 5) is 38.3. The van der Waals surface area contributed by atoms with Crippen LogP contribution in [0, 0.1) is 18.8 Å². The molecular weight excluding hydrogens is 742 g/mol. The monoisotopic (exact) mass is 786 g/mol. The van der Waals surface area contributed by atoms with E-state index in [9.17, 15) is 23.8 Å². The normalized spacial score (nSPS) is 18.9. The van der Waals surface area contributed by atoms with Crippen LogP contribution in [0.4, 0.5) is 20.3 Å². The van der Waals surface area contributed by atoms with Crippen molar-refractivity contribution >= 4 is 40.1 Å². The minimum Gasteiger partial charge on any atom is -0.481 e. The maximum Gasteiger partial charge on any atom is 0.306 e. The molecule has 1 atom stereocenters. The van der Waals surface area contributed by atoms with Crippen molar-refractivity contribution in [2.24, 2.45) is 11.8 Å². The van der Waals surface area contributed by atoms with Gasteiger partial charge in [0, 0.05) is 55.3 Å². The number of pyridine rings is 1. The van der Waals surface area contributed by atoms with E-state index in [-0.39, 0.29) is 30.3 Å². The summed E-state index contributed by atoms with van der Waals surface area (Å²) in [7, 11) is 3.56. The van der Waals surface area contributed by atoms with Crippen LogP contribution >= 0.6 is 11.6 Å². The topological polar surface area (TPSA) is 150 Å². The van der Waals surface area contributed by atoms with Crippen LogP contribution in [0.15, 0.2) is 54.9 Å². The van der Waals surface area contributed by atoms with Gasteiger partial charge >= 0.3 is 5.97 Å². The van der Waals surface area contributed by atoms with Gasteiger partial charge in [-0.25, -0.2) is 23.7 Å². The number of anilines is 2. The predicted molar refractivity (Wildman–Crippen MR) is 210 cm³/mol. The van der Waals surface area contributed by atoms with Crippen molar-refractivity contribution in [1.82, 2.24) is 34.7 Å². The Morgan fingerprint density at radius 2 is 1.79 bits per heavy atom. The van der Waals surface area contributed by atoms with Gasteiger partial charge in [0.1, 0.15) is 11.2 Å². The standard InChI is InChI=1S/C41H45ClF2N8O4/c1-23-28(6-5-9-31(23)47-38-36-32(48-39(50-38)37(43)44)16-25(17-46-36)20-52-15-14-24(19-52)22-53)29-7-4-8-30(35(29)42)33-18-45-34(40(49-33)56-3)21-51(2)27-12-10-26(11-13-27)41(54)55/h4-9,16-18,24,26-27,37,53H,10-15,19-22H2,1-3H3,(H,54,55)(H,47,48,50)/t24-,26?,27?/m1/s1. The molecule has 5 aromatic rings. The van der Waals surface area contributed by atoms with Crippen molar-refractivity contribution in [2.75, 3.05) is 39.2 Å². The molecule has 1 saturated heterocycles. The maximum atomic E-state index is 14.1. The highest BCUT2D eigenvalue weighted by Crippen LogP contribution is 2.40. The van der Waals surface area contributed by atoms with Gasteiger partial charge in [-0.2, -0.15) is 0 Å². The Hall–Kier alpha value is -4.89. The number of hydrogen-bond acceptors (Lipinski definition) is 11. The third-order valence-corrected chi connectivity index (χ3v) is 11.5. The van der Waals surface area contributed by atoms with Crippen LogP contribution < -0.4 is 10.1 Å². The second-order valence-electron chi connectivity index (χ2n) is 14.8. The molecule has 2 aromatic carbocycles. The van der Waals surface area contributed by atoms with E-state index < -0.39 is 18.2 Å². The van der Waals surface area contributed by atoms with Crippen molar-refractivity contribution in [3.8, 4) is 28.3 Å². The Bertz CT molecular complexity index is 2220. The van der Waals surface area contributed by atoms with E-state index in [1.54, 1.807) is 25.6 Å². The summed E-state index contributed by atoms with van der Waals surface area (Å²) in [6.07, 6.45) is 4.34. The molecule has 294 valence electrons. The van der Waals surface area contributed by atoms with Crippen LogP contribution in [0.3, 0.4) is 0 Å². The number of carboxylic acids is 1. The summed E-state index contributed by atoms with van der Waals surface area (Å²) in [5, 5.41) is 22.6. The van der Waals surface area contributed by atoms with Gasteiger partial charge in [-0.05, 0) is 87.4 Å². The lowest BCUT2D eigenvalue weighted by Gasteiger charge is -2.33. The minimum absolute atomic E-state index is 0.142. The van der Waals surface area contributed by atoms with Crippen LogP contribution in [0.5, 0.6) is 5.88 Å². The van der Waals surface area contributed by atoms with Gasteiger partial charge in [0.05, 0.1) is 35.5 Å². The van der Waals surface area contributed by atoms with E-state index in [2.05, 4.69) is 30.1 Å². The Morgan fingerprint density at radius 3 is 2.50 bits per heavy atom. The van der Waals surface area contributed by atoms with Crippen LogP contribution in [0.25, 0.3) is 33.4 Å². The fourth-order valence-electron chi connectivity index (χ4n) is 7.87. The van der Waals surface area contributed by atoms with Crippen LogP contribution in [-0.2, 0) is 17.9 Å². The third kappa shape index (κ3) is 8.43. The number of carbonyl (C=O) groups is 1. The van der Waals surface area contributed by atoms with E-state index in [1.807, 2.05) is 50.4 Å². The molecule has 1 aliphatic carbocycles. The molecule has 0 radical (unpaired) electrons. The number of ether oxygens (including phenoxy) is 1. The highest BCUT2D eigenvalue weighted by Gasteiger charge is 2.29. The fourth-order valence-corrected chi connectivity index (χ4v) is 8.19. The van der Waals surface area contributed by atoms with Gasteiger partial charge in [0.25, 0.3) is 6.43 Å². The van der Waals surface area contributed by atoms with Gasteiger partial charge in [-0.3, -0.25) is 24.6 Å². The first-order valence-corrected chi connectivity index (χ1v) is 19.2. The molecule has 2 aliphatic rings. The number of benzene rings is 2. The fraction of sp³-hybridized carbons (Fsp3) is 0.415. The number of rotatable bonds is 13. The van der Waals surface area contributed by atoms with E-state index in [4.69, 9.17) is 26.3 Å². The van der Waals surface area contributed by atoms with Crippen LogP contribution in [0.1, 0.15) is 61.2 Å². The lowest BCUT2D eigenvalue weighted by Crippen LogP contribution is -2.36. The van der Waals surface area contributed by atoms with Crippen LogP contribution in [-0.4, -0.2) is 90.8 Å². The summed E-state index contributed by atoms with van der Waals surface area (Å²) in [5.41, 5.74) is 6.37. The Labute approximate surface area is 329 Å². The van der Waals surface area contributed by atoms with Crippen molar-refractivity contribution in [3.05, 3.63) is 82.5 Å². The highest BCUT2D eigenvalue weighted by atomic mass is 35.5. The first-order chi connectivity index (χ1) is 27.0. The third-order valence-electron chi connectivity index (χ3n) is 11.1. The molecule has 7 rings (SSSR count). The molecule has 15 heteroatoms. The molecule has 1 saturated carbocycles. The Kier molecular flexibility index (Phi) is 12.0. The number of carboxylic acid groups (broad SMARTS) is 1. The second kappa shape index (κ2) is 17.1. The number of alkyl halides is 2. The smallest absolute Gasteiger partial charge is 0.306 e. The average molecular weight is 787 g/mol. The molecule has 0 amide bonds. The SMILES string of the molecule is COc1nc(-c2cccc(-c3cccc(Nc4nc(C(F)F)nc5cc(CN6CC[C@@H](CO)C6)cnc45)c3C)c2Cl)cnc1CN(C)C1CCC(C(=O)O)CC1. The van der Waals surface area contributed by atoms with Gasteiger partial charge in [0.15, 0.2) is 11.6 Å². The number of nitrogens with one attached hydrogen (secondary N) is 1. The molecular formula is C41H45ClF2N8O4. The number of likely N-dealkylation sites (tertiary alicyclic amines) is 1. The molecule has 0 unspecified atom stereocenters. The largest absolute Gasteiger partial charge is 0.481 e. The zero-order chi connectivity index (χ0) is 39.5. The molecule has 4 heterocycles. The van der Waals surface area contributed by atoms with Crippen LogP contribution in [0.2, 0.25) is 5.02 Å². The quantitative estimate of drug-likeness (QED) is 0.107. The van der Waals surface area contributed by atoms with Gasteiger partial charge in [-0.1, -0.05) is 41.9 Å². The van der Waals surface area contributed by atoms with E-state index >= 15 is 0 Å². The summed E-state index contributed by atoms with van der Waals surface area (Å²) < 4.78 is 33.9. The summed E-state index contributed by atoms with van der Waals surface area (Å²) in [6.45, 7) is 4.74. The van der Waals surface area contributed by atoms with Crippen molar-refractivity contribution in [2.45, 2.75) is 64.6 Å². The van der Waals surface area contributed by atoms with Gasteiger partial charge in [-0.15, -0.1) is 0 Å². The molecule has 12 nitrogen and oxygen atoms in total. The number of halogens is 3. The first kappa shape index (κ1) is 39.3. The van der Waals surface area contributed by atoms with Crippen molar-refractivity contribution in [3.63, 3.8) is 0 Å². The molecule has 56 heavy (non-hydrogen) atoms. The molecule has 0 spiro atoms. The minimum atomic E-state index is -2.89. The number of aliphatic hydroxyl groups is 1. The number of methoxy groups -OCH3 is 1. The average Bonchev–Trinajstić information content (AvgIpc) is 3.66. The number of aliphatic carboxylic acids is 1. The zero-order valence-corrected chi connectivity index (χ0v) is 32.3. The van der Waals surface area contributed by atoms with E-state index in [0.717, 1.165) is 54.6 Å². The van der Waals surface area contributed by atoms with E-state index in [0.29, 0.717) is 70.5 Å². The lowest BCUT2D eigenvalue weighted by molar-refractivity contribution is -0.143. The number of fused-ring (bicyclic) bond motifs is 1. The van der Waals surface area contributed by atoms with Gasteiger partial charge in [0.2, 0.25) is 5.88 Å². The number of aromatic nitrogens is 5. The van der Waals surface area contributed by atoms with Crippen molar-refractivity contribution in [1.29, 1.82) is 0 Å². The molecule has 1 aliphatic heterocycles. The molecule has 2 fully saturated rings. The molecule has 3 aromatic heterocycles. The maximum absolute atomic E-state index is 14.1. The van der Waals surface area contributed by atoms with E-state index in [1.165, 1.54) is 0 Å². The van der Waals surface area contributed by atoms with Crippen molar-refractivity contribution < 1.29 is 28.5 Å². The number of hydrogen-bond donors (Lipinski definition) is 3. The number of nitrogens with zero attached hydrogens (tertiary/aromatic N) is 7. The molecule has 0 bridgehead atoms. The summed E-state index contributed by atoms with van der Waals surface area (Å²) >= 11 is 7.13. The summed E-state index contributed by atoms with van der Waals surface area (Å²) in [6, 6.07) is 13.3. The lowest BCUT2D eigenvalue weighted by atomic mass is 9.85. The zero-order valence-electron chi connectivity index (χ0n) is 31.6. The second-order valence-corrected chi connectivity index (χ2v) is 15.1.